The number of nitrogens with one attached hydrogen (secondary N) is 1. The topological polar surface area (TPSA) is 37.3 Å². The van der Waals surface area contributed by atoms with Crippen LogP contribution in [0.2, 0.25) is 5.02 Å². The van der Waals surface area contributed by atoms with E-state index in [0.29, 0.717) is 19.0 Å². The van der Waals surface area contributed by atoms with Crippen LogP contribution in [0.4, 0.5) is 10.5 Å². The molecule has 0 aliphatic rings. The van der Waals surface area contributed by atoms with Gasteiger partial charge in [0.05, 0.1) is 6.54 Å². The smallest absolute Gasteiger partial charge is 0.322 e. The van der Waals surface area contributed by atoms with Gasteiger partial charge in [-0.05, 0) is 61.2 Å². The lowest BCUT2D eigenvalue weighted by Gasteiger charge is -2.32. The molecule has 30 heavy (non-hydrogen) atoms. The molecule has 3 rings (SSSR count). The Labute approximate surface area is 184 Å². The average Bonchev–Trinajstić information content (AvgIpc) is 3.14. The van der Waals surface area contributed by atoms with Gasteiger partial charge in [0, 0.05) is 35.2 Å². The van der Waals surface area contributed by atoms with Crippen molar-refractivity contribution in [2.45, 2.75) is 46.8 Å². The molecule has 0 bridgehead atoms. The Morgan fingerprint density at radius 1 is 1.07 bits per heavy atom. The zero-order chi connectivity index (χ0) is 21.7. The Morgan fingerprint density at radius 3 is 2.53 bits per heavy atom. The Hall–Kier alpha value is -2.72. The van der Waals surface area contributed by atoms with Crippen molar-refractivity contribution in [1.82, 2.24) is 9.47 Å². The standard InChI is InChI=1S/C25H30ClN3O/c1-18(2)20(4)29(25(30)27-24-13-6-5-9-19(24)3)17-23-12-8-14-28(23)16-21-10-7-11-22(26)15-21/h5-15,18,20H,16-17H2,1-4H3,(H,27,30). The summed E-state index contributed by atoms with van der Waals surface area (Å²) >= 11 is 6.15. The van der Waals surface area contributed by atoms with Gasteiger partial charge in [0.1, 0.15) is 0 Å². The molecule has 2 aromatic carbocycles. The lowest BCUT2D eigenvalue weighted by Crippen LogP contribution is -2.43. The molecule has 0 fully saturated rings. The molecule has 1 heterocycles. The van der Waals surface area contributed by atoms with Crippen LogP contribution in [-0.4, -0.2) is 21.5 Å². The van der Waals surface area contributed by atoms with Crippen molar-refractivity contribution in [3.63, 3.8) is 0 Å². The van der Waals surface area contributed by atoms with Crippen LogP contribution in [0.15, 0.2) is 66.9 Å². The number of halogens is 1. The van der Waals surface area contributed by atoms with Gasteiger partial charge in [0.25, 0.3) is 0 Å². The second-order valence-corrected chi connectivity index (χ2v) is 8.55. The fourth-order valence-electron chi connectivity index (χ4n) is 3.41. The number of nitrogens with zero attached hydrogens (tertiary/aromatic N) is 2. The first kappa shape index (κ1) is 22.0. The first-order chi connectivity index (χ1) is 14.3. The number of para-hydroxylation sites is 1. The summed E-state index contributed by atoms with van der Waals surface area (Å²) in [6, 6.07) is 19.8. The third-order valence-corrected chi connectivity index (χ3v) is 5.84. The SMILES string of the molecule is Cc1ccccc1NC(=O)N(Cc1cccn1Cc1cccc(Cl)c1)C(C)C(C)C. The van der Waals surface area contributed by atoms with Crippen molar-refractivity contribution in [3.05, 3.63) is 88.7 Å². The van der Waals surface area contributed by atoms with Gasteiger partial charge in [0.15, 0.2) is 0 Å². The van der Waals surface area contributed by atoms with Crippen LogP contribution in [0.5, 0.6) is 0 Å². The van der Waals surface area contributed by atoms with Crippen LogP contribution >= 0.6 is 11.6 Å². The van der Waals surface area contributed by atoms with Crippen LogP contribution < -0.4 is 5.32 Å². The molecule has 0 spiro atoms. The molecule has 2 amide bonds. The maximum Gasteiger partial charge on any atom is 0.322 e. The molecule has 0 saturated carbocycles. The lowest BCUT2D eigenvalue weighted by atomic mass is 10.0. The normalized spacial score (nSPS) is 12.1. The van der Waals surface area contributed by atoms with Crippen LogP contribution in [0, 0.1) is 12.8 Å². The van der Waals surface area contributed by atoms with E-state index in [1.165, 1.54) is 0 Å². The molecule has 4 nitrogen and oxygen atoms in total. The zero-order valence-electron chi connectivity index (χ0n) is 18.1. The molecule has 0 aliphatic carbocycles. The minimum atomic E-state index is -0.0824. The zero-order valence-corrected chi connectivity index (χ0v) is 18.9. The van der Waals surface area contributed by atoms with Gasteiger partial charge in [0.2, 0.25) is 0 Å². The molecular weight excluding hydrogens is 394 g/mol. The molecule has 0 aliphatic heterocycles. The van der Waals surface area contributed by atoms with E-state index < -0.39 is 0 Å². The Kier molecular flexibility index (Phi) is 7.22. The highest BCUT2D eigenvalue weighted by Gasteiger charge is 2.24. The van der Waals surface area contributed by atoms with Crippen molar-refractivity contribution in [2.24, 2.45) is 5.92 Å². The second kappa shape index (κ2) is 9.86. The summed E-state index contributed by atoms with van der Waals surface area (Å²) in [5.41, 5.74) is 4.11. The number of benzene rings is 2. The number of anilines is 1. The summed E-state index contributed by atoms with van der Waals surface area (Å²) < 4.78 is 2.17. The first-order valence-corrected chi connectivity index (χ1v) is 10.7. The summed E-state index contributed by atoms with van der Waals surface area (Å²) in [6.45, 7) is 9.64. The molecule has 1 aromatic heterocycles. The van der Waals surface area contributed by atoms with Gasteiger partial charge in [-0.3, -0.25) is 0 Å². The number of rotatable bonds is 7. The van der Waals surface area contributed by atoms with Gasteiger partial charge < -0.3 is 14.8 Å². The molecule has 0 saturated heterocycles. The summed E-state index contributed by atoms with van der Waals surface area (Å²) in [5.74, 6) is 0.337. The van der Waals surface area contributed by atoms with Crippen LogP contribution in [0.1, 0.15) is 37.6 Å². The number of aryl methyl sites for hydroxylation is 1. The van der Waals surface area contributed by atoms with Gasteiger partial charge >= 0.3 is 6.03 Å². The quantitative estimate of drug-likeness (QED) is 0.458. The second-order valence-electron chi connectivity index (χ2n) is 8.11. The van der Waals surface area contributed by atoms with E-state index in [9.17, 15) is 4.79 Å². The number of hydrogen-bond acceptors (Lipinski definition) is 1. The number of amides is 2. The number of urea groups is 1. The van der Waals surface area contributed by atoms with E-state index in [4.69, 9.17) is 11.6 Å². The van der Waals surface area contributed by atoms with Crippen molar-refractivity contribution >= 4 is 23.3 Å². The summed E-state index contributed by atoms with van der Waals surface area (Å²) in [4.78, 5) is 15.2. The van der Waals surface area contributed by atoms with Gasteiger partial charge in [-0.2, -0.15) is 0 Å². The molecule has 5 heteroatoms. The average molecular weight is 424 g/mol. The van der Waals surface area contributed by atoms with Crippen molar-refractivity contribution in [1.29, 1.82) is 0 Å². The maximum absolute atomic E-state index is 13.2. The first-order valence-electron chi connectivity index (χ1n) is 10.4. The van der Waals surface area contributed by atoms with Crippen molar-refractivity contribution in [2.75, 3.05) is 5.32 Å². The highest BCUT2D eigenvalue weighted by Crippen LogP contribution is 2.20. The fourth-order valence-corrected chi connectivity index (χ4v) is 3.63. The molecule has 0 radical (unpaired) electrons. The lowest BCUT2D eigenvalue weighted by molar-refractivity contribution is 0.168. The Bertz CT molecular complexity index is 995. The predicted octanol–water partition coefficient (Wildman–Crippen LogP) is 6.58. The summed E-state index contributed by atoms with van der Waals surface area (Å²) in [6.07, 6.45) is 2.05. The number of hydrogen-bond donors (Lipinski definition) is 1. The number of carbonyl (C=O) groups is 1. The van der Waals surface area contributed by atoms with E-state index in [-0.39, 0.29) is 12.1 Å². The molecule has 1 N–H and O–H groups in total. The Balaban J connectivity index is 1.81. The summed E-state index contributed by atoms with van der Waals surface area (Å²) in [7, 11) is 0. The molecule has 1 atom stereocenters. The monoisotopic (exact) mass is 423 g/mol. The van der Waals surface area contributed by atoms with Crippen LogP contribution in [0.25, 0.3) is 0 Å². The van der Waals surface area contributed by atoms with Gasteiger partial charge in [-0.1, -0.05) is 55.8 Å². The Morgan fingerprint density at radius 2 is 1.83 bits per heavy atom. The number of aromatic nitrogens is 1. The fraction of sp³-hybridized carbons (Fsp3) is 0.320. The van der Waals surface area contributed by atoms with E-state index >= 15 is 0 Å². The predicted molar refractivity (Wildman–Crippen MR) is 125 cm³/mol. The highest BCUT2D eigenvalue weighted by atomic mass is 35.5. The van der Waals surface area contributed by atoms with Gasteiger partial charge in [-0.25, -0.2) is 4.79 Å². The largest absolute Gasteiger partial charge is 0.345 e. The molecule has 1 unspecified atom stereocenters. The molecule has 158 valence electrons. The highest BCUT2D eigenvalue weighted by molar-refractivity contribution is 6.30. The molecule has 3 aromatic rings. The number of carbonyl (C=O) groups excluding carboxylic acids is 1. The maximum atomic E-state index is 13.2. The van der Waals surface area contributed by atoms with E-state index in [2.05, 4.69) is 42.8 Å². The van der Waals surface area contributed by atoms with Crippen molar-refractivity contribution < 1.29 is 4.79 Å². The van der Waals surface area contributed by atoms with Crippen LogP contribution in [0.3, 0.4) is 0 Å². The minimum Gasteiger partial charge on any atom is -0.345 e. The van der Waals surface area contributed by atoms with Crippen LogP contribution in [-0.2, 0) is 13.1 Å². The van der Waals surface area contributed by atoms with Crippen molar-refractivity contribution in [3.8, 4) is 0 Å². The van der Waals surface area contributed by atoms with E-state index in [1.807, 2.05) is 66.6 Å². The third-order valence-electron chi connectivity index (χ3n) is 5.60. The van der Waals surface area contributed by atoms with E-state index in [0.717, 1.165) is 27.5 Å². The summed E-state index contributed by atoms with van der Waals surface area (Å²) in [5, 5.41) is 3.83. The molecular formula is C25H30ClN3O. The minimum absolute atomic E-state index is 0.0824. The van der Waals surface area contributed by atoms with E-state index in [1.54, 1.807) is 0 Å². The third kappa shape index (κ3) is 5.45. The van der Waals surface area contributed by atoms with Gasteiger partial charge in [-0.15, -0.1) is 0 Å².